The topological polar surface area (TPSA) is 86.7 Å². The van der Waals surface area contributed by atoms with Gasteiger partial charge in [-0.25, -0.2) is 0 Å². The number of hydrogen-bond acceptors (Lipinski definition) is 5. The van der Waals surface area contributed by atoms with Crippen LogP contribution in [0.5, 0.6) is 11.6 Å². The number of halogens is 1. The van der Waals surface area contributed by atoms with Gasteiger partial charge in [0.15, 0.2) is 0 Å². The van der Waals surface area contributed by atoms with Crippen molar-refractivity contribution in [3.05, 3.63) is 98.4 Å². The molecular formula is C20H12ClN3O4. The normalized spacial score (nSPS) is 10.8. The lowest BCUT2D eigenvalue weighted by molar-refractivity contribution is -0.387. The Balaban J connectivity index is 1.79. The number of pyridine rings is 1. The van der Waals surface area contributed by atoms with Crippen molar-refractivity contribution in [1.29, 1.82) is 0 Å². The van der Waals surface area contributed by atoms with Crippen LogP contribution in [0.1, 0.15) is 0 Å². The van der Waals surface area contributed by atoms with E-state index in [1.54, 1.807) is 36.4 Å². The fourth-order valence-corrected chi connectivity index (χ4v) is 3.00. The van der Waals surface area contributed by atoms with E-state index >= 15 is 0 Å². The van der Waals surface area contributed by atoms with Gasteiger partial charge in [-0.05, 0) is 35.4 Å². The summed E-state index contributed by atoms with van der Waals surface area (Å²) in [6.07, 6.45) is 1.41. The average molecular weight is 394 g/mol. The smallest absolute Gasteiger partial charge is 0.396 e. The van der Waals surface area contributed by atoms with Gasteiger partial charge in [0.25, 0.3) is 0 Å². The molecule has 4 aromatic rings. The lowest BCUT2D eigenvalue weighted by Gasteiger charge is -2.10. The minimum absolute atomic E-state index is 0.164. The summed E-state index contributed by atoms with van der Waals surface area (Å²) < 4.78 is 6.67. The molecule has 2 aromatic carbocycles. The van der Waals surface area contributed by atoms with Crippen molar-refractivity contribution in [2.24, 2.45) is 0 Å². The molecule has 8 heteroatoms. The highest BCUT2D eigenvalue weighted by Crippen LogP contribution is 2.35. The van der Waals surface area contributed by atoms with Gasteiger partial charge in [0.05, 0.1) is 9.95 Å². The Labute approximate surface area is 163 Å². The number of nitro groups is 1. The molecule has 0 N–H and O–H groups in total. The lowest BCUT2D eigenvalue weighted by Crippen LogP contribution is -2.19. The van der Waals surface area contributed by atoms with E-state index in [9.17, 15) is 14.9 Å². The van der Waals surface area contributed by atoms with Crippen molar-refractivity contribution in [1.82, 2.24) is 9.38 Å². The van der Waals surface area contributed by atoms with E-state index in [1.807, 2.05) is 30.3 Å². The van der Waals surface area contributed by atoms with Crippen LogP contribution in [0.4, 0.5) is 5.69 Å². The maximum atomic E-state index is 12.5. The number of ether oxygens (including phenoxy) is 1. The first kappa shape index (κ1) is 17.7. The predicted octanol–water partition coefficient (Wildman–Crippen LogP) is 4.72. The molecule has 2 heterocycles. The van der Waals surface area contributed by atoms with Crippen molar-refractivity contribution < 1.29 is 9.66 Å². The summed E-state index contributed by atoms with van der Waals surface area (Å²) >= 11 is 6.31. The minimum Gasteiger partial charge on any atom is -0.432 e. The quantitative estimate of drug-likeness (QED) is 0.370. The molecule has 2 aromatic heterocycles. The summed E-state index contributed by atoms with van der Waals surface area (Å²) in [5.41, 5.74) is 0.461. The summed E-state index contributed by atoms with van der Waals surface area (Å²) in [7, 11) is 0. The van der Waals surface area contributed by atoms with E-state index < -0.39 is 22.0 Å². The third-order valence-electron chi connectivity index (χ3n) is 4.11. The SMILES string of the molecule is O=c1c([N+](=O)[O-])c(Oc2ccc(-c3ccccc3)cc2Cl)nc2ccccn12. The second-order valence-electron chi connectivity index (χ2n) is 5.87. The molecule has 0 radical (unpaired) electrons. The highest BCUT2D eigenvalue weighted by Gasteiger charge is 2.26. The summed E-state index contributed by atoms with van der Waals surface area (Å²) in [6, 6.07) is 19.4. The van der Waals surface area contributed by atoms with Gasteiger partial charge in [-0.3, -0.25) is 19.3 Å². The second kappa shape index (κ2) is 7.13. The van der Waals surface area contributed by atoms with Crippen LogP contribution in [0.2, 0.25) is 5.02 Å². The van der Waals surface area contributed by atoms with Crippen molar-refractivity contribution in [2.75, 3.05) is 0 Å². The zero-order valence-electron chi connectivity index (χ0n) is 14.3. The van der Waals surface area contributed by atoms with Crippen LogP contribution < -0.4 is 10.3 Å². The number of benzene rings is 2. The van der Waals surface area contributed by atoms with Crippen molar-refractivity contribution in [2.45, 2.75) is 0 Å². The monoisotopic (exact) mass is 393 g/mol. The molecule has 0 spiro atoms. The Kier molecular flexibility index (Phi) is 4.50. The largest absolute Gasteiger partial charge is 0.432 e. The van der Waals surface area contributed by atoms with Gasteiger partial charge in [-0.2, -0.15) is 4.98 Å². The maximum absolute atomic E-state index is 12.5. The summed E-state index contributed by atoms with van der Waals surface area (Å²) in [6.45, 7) is 0. The standard InChI is InChI=1S/C20H12ClN3O4/c21-15-12-14(13-6-2-1-3-7-13)9-10-16(15)28-19-18(24(26)27)20(25)23-11-5-4-8-17(23)22-19/h1-12H. The molecule has 0 aliphatic carbocycles. The zero-order valence-corrected chi connectivity index (χ0v) is 15.0. The molecular weight excluding hydrogens is 382 g/mol. The molecule has 0 amide bonds. The van der Waals surface area contributed by atoms with Crippen LogP contribution in [0, 0.1) is 10.1 Å². The van der Waals surface area contributed by atoms with Crippen LogP contribution in [0.3, 0.4) is 0 Å². The molecule has 138 valence electrons. The molecule has 0 aliphatic heterocycles. The van der Waals surface area contributed by atoms with Crippen LogP contribution >= 0.6 is 11.6 Å². The summed E-state index contributed by atoms with van der Waals surface area (Å²) in [5.74, 6) is -0.243. The van der Waals surface area contributed by atoms with Gasteiger partial charge < -0.3 is 4.74 Å². The van der Waals surface area contributed by atoms with E-state index in [1.165, 1.54) is 6.20 Å². The Morgan fingerprint density at radius 3 is 2.46 bits per heavy atom. The van der Waals surface area contributed by atoms with E-state index in [0.717, 1.165) is 15.5 Å². The Morgan fingerprint density at radius 2 is 1.75 bits per heavy atom. The number of aromatic nitrogens is 2. The number of fused-ring (bicyclic) bond motifs is 1. The summed E-state index contributed by atoms with van der Waals surface area (Å²) in [5, 5.41) is 11.7. The van der Waals surface area contributed by atoms with Crippen molar-refractivity contribution in [3.8, 4) is 22.8 Å². The van der Waals surface area contributed by atoms with Crippen LogP contribution in [0.15, 0.2) is 77.7 Å². The first-order chi connectivity index (χ1) is 13.5. The summed E-state index contributed by atoms with van der Waals surface area (Å²) in [4.78, 5) is 27.2. The molecule has 28 heavy (non-hydrogen) atoms. The number of nitrogens with zero attached hydrogens (tertiary/aromatic N) is 3. The average Bonchev–Trinajstić information content (AvgIpc) is 2.70. The highest BCUT2D eigenvalue weighted by atomic mass is 35.5. The van der Waals surface area contributed by atoms with E-state index in [0.29, 0.717) is 0 Å². The van der Waals surface area contributed by atoms with Crippen LogP contribution in [0.25, 0.3) is 16.8 Å². The Hall–Kier alpha value is -3.71. The highest BCUT2D eigenvalue weighted by molar-refractivity contribution is 6.32. The third-order valence-corrected chi connectivity index (χ3v) is 4.40. The molecule has 0 saturated heterocycles. The van der Waals surface area contributed by atoms with E-state index in [2.05, 4.69) is 4.98 Å². The molecule has 0 saturated carbocycles. The number of rotatable bonds is 4. The molecule has 0 bridgehead atoms. The van der Waals surface area contributed by atoms with E-state index in [4.69, 9.17) is 16.3 Å². The van der Waals surface area contributed by atoms with Gasteiger partial charge in [-0.15, -0.1) is 0 Å². The molecule has 0 unspecified atom stereocenters. The second-order valence-corrected chi connectivity index (χ2v) is 6.28. The molecule has 0 fully saturated rings. The number of hydrogen-bond donors (Lipinski definition) is 0. The molecule has 0 atom stereocenters. The molecule has 7 nitrogen and oxygen atoms in total. The minimum atomic E-state index is -0.831. The van der Waals surface area contributed by atoms with Crippen molar-refractivity contribution >= 4 is 22.9 Å². The van der Waals surface area contributed by atoms with Crippen LogP contribution in [-0.2, 0) is 0 Å². The van der Waals surface area contributed by atoms with Gasteiger partial charge in [0.2, 0.25) is 0 Å². The fourth-order valence-electron chi connectivity index (χ4n) is 2.78. The van der Waals surface area contributed by atoms with Gasteiger partial charge in [0.1, 0.15) is 11.4 Å². The Morgan fingerprint density at radius 1 is 1.00 bits per heavy atom. The van der Waals surface area contributed by atoms with Crippen molar-refractivity contribution in [3.63, 3.8) is 0 Å². The fraction of sp³-hybridized carbons (Fsp3) is 0. The molecule has 0 aliphatic rings. The van der Waals surface area contributed by atoms with Crippen LogP contribution in [-0.4, -0.2) is 14.3 Å². The zero-order chi connectivity index (χ0) is 19.7. The predicted molar refractivity (Wildman–Crippen MR) is 105 cm³/mol. The maximum Gasteiger partial charge on any atom is 0.396 e. The first-order valence-corrected chi connectivity index (χ1v) is 8.61. The van der Waals surface area contributed by atoms with E-state index in [-0.39, 0.29) is 16.4 Å². The molecule has 4 rings (SSSR count). The lowest BCUT2D eigenvalue weighted by atomic mass is 10.1. The Bertz CT molecular complexity index is 1260. The van der Waals surface area contributed by atoms with Gasteiger partial charge >= 0.3 is 17.1 Å². The third kappa shape index (κ3) is 3.19. The van der Waals surface area contributed by atoms with Gasteiger partial charge in [-0.1, -0.05) is 54.1 Å². The van der Waals surface area contributed by atoms with Gasteiger partial charge in [0, 0.05) is 6.20 Å². The first-order valence-electron chi connectivity index (χ1n) is 8.23.